The summed E-state index contributed by atoms with van der Waals surface area (Å²) in [5.41, 5.74) is 0.473. The van der Waals surface area contributed by atoms with Gasteiger partial charge in [0.15, 0.2) is 12.4 Å². The van der Waals surface area contributed by atoms with Crippen LogP contribution in [0.5, 0.6) is 11.5 Å². The molecule has 0 N–H and O–H groups in total. The van der Waals surface area contributed by atoms with Crippen LogP contribution < -0.4 is 9.47 Å². The molecule has 3 rings (SSSR count). The Labute approximate surface area is 174 Å². The molecule has 0 radical (unpaired) electrons. The van der Waals surface area contributed by atoms with Gasteiger partial charge in [0.25, 0.3) is 5.89 Å². The highest BCUT2D eigenvalue weighted by molar-refractivity contribution is 7.89. The molecule has 0 atom stereocenters. The van der Waals surface area contributed by atoms with Crippen molar-refractivity contribution in [2.45, 2.75) is 24.8 Å². The zero-order valence-electron chi connectivity index (χ0n) is 16.8. The van der Waals surface area contributed by atoms with Gasteiger partial charge in [-0.25, -0.2) is 17.1 Å². The van der Waals surface area contributed by atoms with Crippen LogP contribution in [-0.2, 0) is 23.1 Å². The van der Waals surface area contributed by atoms with E-state index in [4.69, 9.17) is 14.0 Å². The molecule has 160 valence electrons. The van der Waals surface area contributed by atoms with Crippen LogP contribution in [0.25, 0.3) is 0 Å². The Morgan fingerprint density at radius 1 is 1.13 bits per heavy atom. The minimum atomic E-state index is -3.84. The summed E-state index contributed by atoms with van der Waals surface area (Å²) in [4.78, 5) is 4.15. The van der Waals surface area contributed by atoms with Gasteiger partial charge in [-0.3, -0.25) is 0 Å². The van der Waals surface area contributed by atoms with E-state index in [0.717, 1.165) is 16.1 Å². The van der Waals surface area contributed by atoms with Gasteiger partial charge in [-0.05, 0) is 48.9 Å². The van der Waals surface area contributed by atoms with Crippen LogP contribution in [0.4, 0.5) is 4.39 Å². The van der Waals surface area contributed by atoms with Crippen LogP contribution in [0.15, 0.2) is 51.9 Å². The zero-order valence-corrected chi connectivity index (χ0v) is 17.6. The summed E-state index contributed by atoms with van der Waals surface area (Å²) in [5.74, 6) is 1.35. The molecule has 2 aromatic carbocycles. The van der Waals surface area contributed by atoms with Crippen molar-refractivity contribution in [3.05, 3.63) is 65.6 Å². The van der Waals surface area contributed by atoms with Crippen molar-refractivity contribution >= 4 is 10.0 Å². The first kappa shape index (κ1) is 21.7. The number of ether oxygens (including phenoxy) is 2. The zero-order chi connectivity index (χ0) is 21.7. The lowest BCUT2D eigenvalue weighted by Crippen LogP contribution is -2.29. The van der Waals surface area contributed by atoms with Gasteiger partial charge < -0.3 is 14.0 Å². The number of halogens is 1. The van der Waals surface area contributed by atoms with Crippen LogP contribution in [-0.4, -0.2) is 43.6 Å². The Balaban J connectivity index is 1.57. The fraction of sp³-hybridized carbons (Fsp3) is 0.300. The minimum Gasteiger partial charge on any atom is -0.497 e. The molecular weight excluding hydrogens is 413 g/mol. The number of benzene rings is 2. The first-order chi connectivity index (χ1) is 14.3. The molecule has 0 aliphatic carbocycles. The number of hydrogen-bond acceptors (Lipinski definition) is 7. The summed E-state index contributed by atoms with van der Waals surface area (Å²) >= 11 is 0. The van der Waals surface area contributed by atoms with Crippen molar-refractivity contribution in [1.82, 2.24) is 14.4 Å². The molecule has 30 heavy (non-hydrogen) atoms. The Kier molecular flexibility index (Phi) is 6.68. The average molecular weight is 435 g/mol. The normalized spacial score (nSPS) is 11.6. The lowest BCUT2D eigenvalue weighted by molar-refractivity contribution is 0.242. The minimum absolute atomic E-state index is 0.0632. The number of aryl methyl sites for hydroxylation is 1. The number of hydrogen-bond donors (Lipinski definition) is 0. The molecule has 0 saturated carbocycles. The summed E-state index contributed by atoms with van der Waals surface area (Å²) in [5, 5.41) is 3.85. The van der Waals surface area contributed by atoms with E-state index in [-0.39, 0.29) is 30.4 Å². The first-order valence-corrected chi connectivity index (χ1v) is 10.5. The van der Waals surface area contributed by atoms with Gasteiger partial charge >= 0.3 is 0 Å². The Hall–Kier alpha value is -2.98. The number of methoxy groups -OCH3 is 1. The monoisotopic (exact) mass is 435 g/mol. The van der Waals surface area contributed by atoms with E-state index in [1.807, 2.05) is 0 Å². The van der Waals surface area contributed by atoms with Gasteiger partial charge in [0, 0.05) is 20.0 Å². The molecular formula is C20H22FN3O5S. The third-order valence-electron chi connectivity index (χ3n) is 4.42. The Morgan fingerprint density at radius 2 is 1.83 bits per heavy atom. The first-order valence-electron chi connectivity index (χ1n) is 9.10. The quantitative estimate of drug-likeness (QED) is 0.510. The second-order valence-corrected chi connectivity index (χ2v) is 8.57. The lowest BCUT2D eigenvalue weighted by atomic mass is 10.2. The highest BCUT2D eigenvalue weighted by atomic mass is 32.2. The van der Waals surface area contributed by atoms with Gasteiger partial charge in [0.1, 0.15) is 17.3 Å². The Bertz CT molecular complexity index is 1100. The topological polar surface area (TPSA) is 94.8 Å². The summed E-state index contributed by atoms with van der Waals surface area (Å²) in [6.07, 6.45) is 0.232. The standard InChI is InChI=1S/C20H22FN3O5S/c1-14-4-5-15(21)12-18(14)30(25,26)24(2)11-10-19-22-20(29-23-19)13-28-17-8-6-16(27-3)7-9-17/h4-9,12H,10-11,13H2,1-3H3. The summed E-state index contributed by atoms with van der Waals surface area (Å²) in [6.45, 7) is 1.81. The van der Waals surface area contributed by atoms with Crippen molar-refractivity contribution in [3.63, 3.8) is 0 Å². The average Bonchev–Trinajstić information content (AvgIpc) is 3.20. The predicted octanol–water partition coefficient (Wildman–Crippen LogP) is 2.97. The van der Waals surface area contributed by atoms with Crippen LogP contribution >= 0.6 is 0 Å². The third-order valence-corrected chi connectivity index (χ3v) is 6.42. The van der Waals surface area contributed by atoms with E-state index < -0.39 is 15.8 Å². The molecule has 10 heteroatoms. The maximum absolute atomic E-state index is 13.5. The van der Waals surface area contributed by atoms with Crippen LogP contribution in [0.2, 0.25) is 0 Å². The summed E-state index contributed by atoms with van der Waals surface area (Å²) in [6, 6.07) is 10.7. The fourth-order valence-corrected chi connectivity index (χ4v) is 4.07. The maximum atomic E-state index is 13.5. The second kappa shape index (κ2) is 9.23. The number of likely N-dealkylation sites (N-methyl/N-ethyl adjacent to an activating group) is 1. The van der Waals surface area contributed by atoms with Gasteiger partial charge in [0.2, 0.25) is 10.0 Å². The predicted molar refractivity (Wildman–Crippen MR) is 106 cm³/mol. The molecule has 0 amide bonds. The number of aromatic nitrogens is 2. The molecule has 0 spiro atoms. The van der Waals surface area contributed by atoms with E-state index in [9.17, 15) is 12.8 Å². The maximum Gasteiger partial charge on any atom is 0.264 e. The van der Waals surface area contributed by atoms with Gasteiger partial charge in [-0.1, -0.05) is 11.2 Å². The molecule has 8 nitrogen and oxygen atoms in total. The fourth-order valence-electron chi connectivity index (χ4n) is 2.66. The molecule has 0 aliphatic rings. The molecule has 1 aromatic heterocycles. The molecule has 0 saturated heterocycles. The third kappa shape index (κ3) is 5.14. The smallest absolute Gasteiger partial charge is 0.264 e. The molecule has 0 aliphatic heterocycles. The van der Waals surface area contributed by atoms with Crippen molar-refractivity contribution in [2.75, 3.05) is 20.7 Å². The molecule has 0 bridgehead atoms. The molecule has 3 aromatic rings. The van der Waals surface area contributed by atoms with Gasteiger partial charge in [0.05, 0.1) is 12.0 Å². The second-order valence-electron chi connectivity index (χ2n) is 6.55. The Morgan fingerprint density at radius 3 is 2.53 bits per heavy atom. The number of rotatable bonds is 9. The highest BCUT2D eigenvalue weighted by Gasteiger charge is 2.23. The van der Waals surface area contributed by atoms with Crippen molar-refractivity contribution < 1.29 is 26.8 Å². The van der Waals surface area contributed by atoms with Crippen molar-refractivity contribution in [3.8, 4) is 11.5 Å². The summed E-state index contributed by atoms with van der Waals surface area (Å²) in [7, 11) is -0.830. The molecule has 0 fully saturated rings. The van der Waals surface area contributed by atoms with E-state index >= 15 is 0 Å². The van der Waals surface area contributed by atoms with Crippen LogP contribution in [0.1, 0.15) is 17.3 Å². The largest absolute Gasteiger partial charge is 0.497 e. The van der Waals surface area contributed by atoms with Crippen LogP contribution in [0, 0.1) is 12.7 Å². The van der Waals surface area contributed by atoms with E-state index in [1.54, 1.807) is 38.3 Å². The van der Waals surface area contributed by atoms with E-state index in [2.05, 4.69) is 10.1 Å². The van der Waals surface area contributed by atoms with Crippen molar-refractivity contribution in [2.24, 2.45) is 0 Å². The number of nitrogens with zero attached hydrogens (tertiary/aromatic N) is 3. The van der Waals surface area contributed by atoms with Gasteiger partial charge in [-0.2, -0.15) is 4.98 Å². The highest BCUT2D eigenvalue weighted by Crippen LogP contribution is 2.21. The van der Waals surface area contributed by atoms with Gasteiger partial charge in [-0.15, -0.1) is 0 Å². The SMILES string of the molecule is COc1ccc(OCc2nc(CCN(C)S(=O)(=O)c3cc(F)ccc3C)no2)cc1. The number of sulfonamides is 1. The van der Waals surface area contributed by atoms with E-state index in [1.165, 1.54) is 19.2 Å². The molecule has 1 heterocycles. The van der Waals surface area contributed by atoms with Crippen LogP contribution in [0.3, 0.4) is 0 Å². The lowest BCUT2D eigenvalue weighted by Gasteiger charge is -2.17. The summed E-state index contributed by atoms with van der Waals surface area (Å²) < 4.78 is 55.8. The van der Waals surface area contributed by atoms with Crippen molar-refractivity contribution in [1.29, 1.82) is 0 Å². The molecule has 0 unspecified atom stereocenters. The van der Waals surface area contributed by atoms with E-state index in [0.29, 0.717) is 17.1 Å².